The van der Waals surface area contributed by atoms with Gasteiger partial charge in [-0.25, -0.2) is 0 Å². The van der Waals surface area contributed by atoms with Gasteiger partial charge in [-0.1, -0.05) is 26.2 Å². The largest absolute Gasteiger partial charge is 0.391 e. The maximum atomic E-state index is 12.3. The van der Waals surface area contributed by atoms with Crippen molar-refractivity contribution in [2.24, 2.45) is 0 Å². The van der Waals surface area contributed by atoms with E-state index in [1.54, 1.807) is 0 Å². The molecule has 0 aliphatic carbocycles. The minimum Gasteiger partial charge on any atom is -0.391 e. The van der Waals surface area contributed by atoms with E-state index in [1.165, 1.54) is 12.8 Å². The van der Waals surface area contributed by atoms with Crippen LogP contribution in [0.15, 0.2) is 0 Å². The zero-order valence-corrected chi connectivity index (χ0v) is 14.7. The summed E-state index contributed by atoms with van der Waals surface area (Å²) in [6, 6.07) is 0. The lowest BCUT2D eigenvalue weighted by molar-refractivity contribution is -0.924. The number of aliphatic hydroxyl groups excluding tert-OH is 1. The third kappa shape index (κ3) is 7.82. The first-order valence-electron chi connectivity index (χ1n) is 8.82. The van der Waals surface area contributed by atoms with Crippen LogP contribution >= 0.6 is 0 Å². The lowest BCUT2D eigenvalue weighted by Gasteiger charge is -2.38. The Labute approximate surface area is 131 Å². The van der Waals surface area contributed by atoms with Gasteiger partial charge in [0.2, 0.25) is 5.91 Å². The highest BCUT2D eigenvalue weighted by molar-refractivity contribution is 5.76. The lowest BCUT2D eigenvalue weighted by atomic mass is 10.1. The fourth-order valence-electron chi connectivity index (χ4n) is 2.83. The summed E-state index contributed by atoms with van der Waals surface area (Å²) in [6.45, 7) is 14.2. The molecular weight excluding hydrogens is 264 g/mol. The molecule has 0 rings (SSSR count). The Kier molecular flexibility index (Phi) is 11.6. The van der Waals surface area contributed by atoms with Crippen LogP contribution in [0, 0.1) is 0 Å². The highest BCUT2D eigenvalue weighted by atomic mass is 16.3. The van der Waals surface area contributed by atoms with Crippen molar-refractivity contribution in [2.45, 2.75) is 59.8 Å². The number of hydrogen-bond acceptors (Lipinski definition) is 2. The highest BCUT2D eigenvalue weighted by Crippen LogP contribution is 2.09. The van der Waals surface area contributed by atoms with E-state index < -0.39 is 0 Å². The topological polar surface area (TPSA) is 40.5 Å². The number of rotatable bonds is 13. The number of carbonyl (C=O) groups excluding carboxylic acids is 1. The van der Waals surface area contributed by atoms with E-state index in [2.05, 4.69) is 27.7 Å². The van der Waals surface area contributed by atoms with Crippen LogP contribution in [0.25, 0.3) is 0 Å². The van der Waals surface area contributed by atoms with Crippen LogP contribution in [0.3, 0.4) is 0 Å². The first-order chi connectivity index (χ1) is 10.1. The Balaban J connectivity index is 4.31. The Hall–Kier alpha value is -0.610. The van der Waals surface area contributed by atoms with E-state index in [9.17, 15) is 9.90 Å². The Bertz CT molecular complexity index is 266. The molecule has 1 N–H and O–H groups in total. The molecule has 0 aliphatic heterocycles. The first kappa shape index (κ1) is 20.4. The molecule has 0 aliphatic rings. The van der Waals surface area contributed by atoms with E-state index in [0.29, 0.717) is 12.3 Å². The molecule has 0 aromatic heterocycles. The van der Waals surface area contributed by atoms with E-state index in [1.807, 2.05) is 4.90 Å². The van der Waals surface area contributed by atoms with Crippen LogP contribution in [0.1, 0.15) is 59.8 Å². The van der Waals surface area contributed by atoms with Gasteiger partial charge in [-0.15, -0.1) is 0 Å². The third-order valence-corrected chi connectivity index (χ3v) is 4.74. The standard InChI is InChI=1S/C17H37N2O2/c1-5-9-10-11-12-17(21)18(6-2)13-14-19(7-3,8-4)15-16-20/h20H,5-16H2,1-4H3/q+1. The minimum absolute atomic E-state index is 0.221. The normalized spacial score (nSPS) is 11.7. The zero-order chi connectivity index (χ0) is 16.1. The van der Waals surface area contributed by atoms with Crippen molar-refractivity contribution in [1.82, 2.24) is 4.90 Å². The van der Waals surface area contributed by atoms with Crippen LogP contribution in [-0.4, -0.2) is 66.3 Å². The Morgan fingerprint density at radius 2 is 1.67 bits per heavy atom. The molecule has 126 valence electrons. The summed E-state index contributed by atoms with van der Waals surface area (Å²) in [4.78, 5) is 14.2. The van der Waals surface area contributed by atoms with Gasteiger partial charge in [-0.3, -0.25) is 4.79 Å². The SMILES string of the molecule is CCCCCCC(=O)N(CC)CC[N+](CC)(CC)CCO. The summed E-state index contributed by atoms with van der Waals surface area (Å²) in [5.74, 6) is 0.294. The number of hydrogen-bond donors (Lipinski definition) is 1. The lowest BCUT2D eigenvalue weighted by Crippen LogP contribution is -2.53. The summed E-state index contributed by atoms with van der Waals surface area (Å²) >= 11 is 0. The first-order valence-corrected chi connectivity index (χ1v) is 8.82. The number of amides is 1. The van der Waals surface area contributed by atoms with Crippen molar-refractivity contribution >= 4 is 5.91 Å². The molecule has 0 saturated heterocycles. The van der Waals surface area contributed by atoms with Crippen molar-refractivity contribution in [3.05, 3.63) is 0 Å². The quantitative estimate of drug-likeness (QED) is 0.420. The summed E-state index contributed by atoms with van der Waals surface area (Å²) < 4.78 is 0.899. The van der Waals surface area contributed by atoms with Crippen LogP contribution in [0.5, 0.6) is 0 Å². The zero-order valence-electron chi connectivity index (χ0n) is 14.7. The molecule has 21 heavy (non-hydrogen) atoms. The number of likely N-dealkylation sites (N-methyl/N-ethyl adjacent to an activating group) is 2. The summed E-state index contributed by atoms with van der Waals surface area (Å²) in [5, 5.41) is 9.27. The average Bonchev–Trinajstić information content (AvgIpc) is 2.51. The average molecular weight is 301 g/mol. The van der Waals surface area contributed by atoms with Gasteiger partial charge in [-0.05, 0) is 27.2 Å². The number of aliphatic hydroxyl groups is 1. The Morgan fingerprint density at radius 1 is 1.00 bits per heavy atom. The van der Waals surface area contributed by atoms with E-state index in [-0.39, 0.29) is 6.61 Å². The molecule has 0 bridgehead atoms. The van der Waals surface area contributed by atoms with Gasteiger partial charge in [0.05, 0.1) is 32.8 Å². The second kappa shape index (κ2) is 12.0. The van der Waals surface area contributed by atoms with Crippen LogP contribution in [0.4, 0.5) is 0 Å². The van der Waals surface area contributed by atoms with Gasteiger partial charge >= 0.3 is 0 Å². The fraction of sp³-hybridized carbons (Fsp3) is 0.941. The van der Waals surface area contributed by atoms with Crippen molar-refractivity contribution < 1.29 is 14.4 Å². The van der Waals surface area contributed by atoms with Crippen molar-refractivity contribution in [2.75, 3.05) is 45.9 Å². The Morgan fingerprint density at radius 3 is 2.14 bits per heavy atom. The van der Waals surface area contributed by atoms with E-state index in [0.717, 1.165) is 56.6 Å². The van der Waals surface area contributed by atoms with Crippen molar-refractivity contribution in [1.29, 1.82) is 0 Å². The monoisotopic (exact) mass is 301 g/mol. The van der Waals surface area contributed by atoms with Gasteiger partial charge < -0.3 is 14.5 Å². The molecule has 0 aromatic rings. The molecule has 0 spiro atoms. The minimum atomic E-state index is 0.221. The predicted molar refractivity (Wildman–Crippen MR) is 89.2 cm³/mol. The molecule has 4 heteroatoms. The summed E-state index contributed by atoms with van der Waals surface area (Å²) in [7, 11) is 0. The molecule has 1 amide bonds. The van der Waals surface area contributed by atoms with E-state index in [4.69, 9.17) is 0 Å². The molecule has 4 nitrogen and oxygen atoms in total. The van der Waals surface area contributed by atoms with Crippen molar-refractivity contribution in [3.63, 3.8) is 0 Å². The highest BCUT2D eigenvalue weighted by Gasteiger charge is 2.24. The van der Waals surface area contributed by atoms with E-state index >= 15 is 0 Å². The van der Waals surface area contributed by atoms with Gasteiger partial charge in [0.1, 0.15) is 6.54 Å². The summed E-state index contributed by atoms with van der Waals surface area (Å²) in [6.07, 6.45) is 5.29. The number of quaternary nitrogens is 1. The molecule has 0 unspecified atom stereocenters. The summed E-state index contributed by atoms with van der Waals surface area (Å²) in [5.41, 5.74) is 0. The molecule has 0 heterocycles. The van der Waals surface area contributed by atoms with Crippen molar-refractivity contribution in [3.8, 4) is 0 Å². The van der Waals surface area contributed by atoms with Crippen LogP contribution in [0.2, 0.25) is 0 Å². The van der Waals surface area contributed by atoms with Gasteiger partial charge in [-0.2, -0.15) is 0 Å². The van der Waals surface area contributed by atoms with Gasteiger partial charge in [0.25, 0.3) is 0 Å². The maximum Gasteiger partial charge on any atom is 0.222 e. The number of unbranched alkanes of at least 4 members (excludes halogenated alkanes) is 3. The molecule has 0 fully saturated rings. The van der Waals surface area contributed by atoms with Gasteiger partial charge in [0, 0.05) is 13.0 Å². The predicted octanol–water partition coefficient (Wildman–Crippen LogP) is 2.65. The van der Waals surface area contributed by atoms with Gasteiger partial charge in [0.15, 0.2) is 0 Å². The smallest absolute Gasteiger partial charge is 0.222 e. The van der Waals surface area contributed by atoms with Crippen LogP contribution < -0.4 is 0 Å². The maximum absolute atomic E-state index is 12.3. The molecular formula is C17H37N2O2+. The fourth-order valence-corrected chi connectivity index (χ4v) is 2.83. The number of carbonyl (C=O) groups is 1. The third-order valence-electron chi connectivity index (χ3n) is 4.74. The second-order valence-electron chi connectivity index (χ2n) is 5.93. The number of nitrogens with zero attached hydrogens (tertiary/aromatic N) is 2. The van der Waals surface area contributed by atoms with Crippen LogP contribution in [-0.2, 0) is 4.79 Å². The second-order valence-corrected chi connectivity index (χ2v) is 5.93. The molecule has 0 atom stereocenters. The molecule has 0 saturated carbocycles. The molecule has 0 radical (unpaired) electrons. The molecule has 0 aromatic carbocycles.